The van der Waals surface area contributed by atoms with E-state index in [1.54, 1.807) is 0 Å². The van der Waals surface area contributed by atoms with Crippen LogP contribution in [-0.2, 0) is 11.2 Å². The van der Waals surface area contributed by atoms with Crippen LogP contribution < -0.4 is 10.6 Å². The van der Waals surface area contributed by atoms with Gasteiger partial charge in [0.05, 0.1) is 0 Å². The molecule has 0 spiro atoms. The molecule has 0 heterocycles. The summed E-state index contributed by atoms with van der Waals surface area (Å²) in [5.41, 5.74) is 1.26. The van der Waals surface area contributed by atoms with Crippen LogP contribution in [0.3, 0.4) is 0 Å². The van der Waals surface area contributed by atoms with E-state index in [1.165, 1.54) is 5.56 Å². The third kappa shape index (κ3) is 6.74. The van der Waals surface area contributed by atoms with Gasteiger partial charge in [0.1, 0.15) is 0 Å². The van der Waals surface area contributed by atoms with Gasteiger partial charge in [0.2, 0.25) is 5.91 Å². The monoisotopic (exact) mass is 234 g/mol. The zero-order valence-electron chi connectivity index (χ0n) is 10.5. The molecule has 0 aliphatic carbocycles. The van der Waals surface area contributed by atoms with E-state index in [0.717, 1.165) is 32.5 Å². The molecule has 94 valence electrons. The number of carbonyl (C=O) groups excluding carboxylic acids is 1. The summed E-state index contributed by atoms with van der Waals surface area (Å²) in [4.78, 5) is 11.4. The van der Waals surface area contributed by atoms with Crippen LogP contribution in [0.5, 0.6) is 0 Å². The van der Waals surface area contributed by atoms with Gasteiger partial charge >= 0.3 is 0 Å². The molecule has 3 nitrogen and oxygen atoms in total. The lowest BCUT2D eigenvalue weighted by atomic mass is 10.1. The molecule has 3 heteroatoms. The zero-order chi connectivity index (χ0) is 12.3. The molecule has 0 saturated heterocycles. The first-order valence-corrected chi connectivity index (χ1v) is 6.34. The van der Waals surface area contributed by atoms with E-state index in [-0.39, 0.29) is 5.91 Å². The number of hydrogen-bond donors (Lipinski definition) is 2. The molecule has 17 heavy (non-hydrogen) atoms. The second-order valence-corrected chi connectivity index (χ2v) is 4.09. The van der Waals surface area contributed by atoms with Gasteiger partial charge in [0, 0.05) is 19.5 Å². The summed E-state index contributed by atoms with van der Waals surface area (Å²) < 4.78 is 0. The van der Waals surface area contributed by atoms with Crippen molar-refractivity contribution in [2.45, 2.75) is 26.2 Å². The molecule has 0 aliphatic heterocycles. The van der Waals surface area contributed by atoms with E-state index < -0.39 is 0 Å². The second-order valence-electron chi connectivity index (χ2n) is 4.09. The molecular weight excluding hydrogens is 212 g/mol. The van der Waals surface area contributed by atoms with Crippen LogP contribution in [0.2, 0.25) is 0 Å². The molecule has 0 saturated carbocycles. The summed E-state index contributed by atoms with van der Waals surface area (Å²) in [5.74, 6) is 0.129. The Balaban J connectivity index is 2.04. The topological polar surface area (TPSA) is 41.1 Å². The van der Waals surface area contributed by atoms with Gasteiger partial charge in [-0.3, -0.25) is 4.79 Å². The number of nitrogens with one attached hydrogen (secondary N) is 2. The first kappa shape index (κ1) is 13.7. The van der Waals surface area contributed by atoms with E-state index >= 15 is 0 Å². The third-order valence-electron chi connectivity index (χ3n) is 2.53. The SMILES string of the molecule is CCCNCCC(=O)NCCc1ccccc1. The summed E-state index contributed by atoms with van der Waals surface area (Å²) >= 11 is 0. The minimum atomic E-state index is 0.129. The lowest BCUT2D eigenvalue weighted by Gasteiger charge is -2.06. The molecule has 1 aromatic carbocycles. The lowest BCUT2D eigenvalue weighted by Crippen LogP contribution is -2.29. The zero-order valence-corrected chi connectivity index (χ0v) is 10.5. The van der Waals surface area contributed by atoms with Crippen molar-refractivity contribution < 1.29 is 4.79 Å². The smallest absolute Gasteiger partial charge is 0.221 e. The van der Waals surface area contributed by atoms with Crippen molar-refractivity contribution in [3.8, 4) is 0 Å². The fraction of sp³-hybridized carbons (Fsp3) is 0.500. The van der Waals surface area contributed by atoms with Crippen LogP contribution >= 0.6 is 0 Å². The van der Waals surface area contributed by atoms with Crippen molar-refractivity contribution in [2.75, 3.05) is 19.6 Å². The first-order valence-electron chi connectivity index (χ1n) is 6.34. The maximum absolute atomic E-state index is 11.4. The Bertz CT molecular complexity index is 311. The van der Waals surface area contributed by atoms with Crippen LogP contribution in [0.25, 0.3) is 0 Å². The highest BCUT2D eigenvalue weighted by molar-refractivity contribution is 5.76. The maximum atomic E-state index is 11.4. The van der Waals surface area contributed by atoms with Gasteiger partial charge in [-0.1, -0.05) is 37.3 Å². The van der Waals surface area contributed by atoms with Crippen LogP contribution in [0.1, 0.15) is 25.3 Å². The quantitative estimate of drug-likeness (QED) is 0.673. The summed E-state index contributed by atoms with van der Waals surface area (Å²) in [6, 6.07) is 10.2. The van der Waals surface area contributed by atoms with E-state index in [1.807, 2.05) is 18.2 Å². The molecule has 0 aromatic heterocycles. The van der Waals surface area contributed by atoms with E-state index in [0.29, 0.717) is 6.42 Å². The van der Waals surface area contributed by atoms with Gasteiger partial charge in [0.25, 0.3) is 0 Å². The number of hydrogen-bond acceptors (Lipinski definition) is 2. The fourth-order valence-corrected chi connectivity index (χ4v) is 1.58. The molecular formula is C14H22N2O. The molecule has 2 N–H and O–H groups in total. The van der Waals surface area contributed by atoms with Crippen LogP contribution in [0.4, 0.5) is 0 Å². The molecule has 0 radical (unpaired) electrons. The summed E-state index contributed by atoms with van der Waals surface area (Å²) in [6.45, 7) is 4.59. The number of benzene rings is 1. The number of amides is 1. The molecule has 0 atom stereocenters. The Morgan fingerprint density at radius 3 is 2.59 bits per heavy atom. The highest BCUT2D eigenvalue weighted by Crippen LogP contribution is 1.98. The highest BCUT2D eigenvalue weighted by Gasteiger charge is 1.99. The summed E-state index contributed by atoms with van der Waals surface area (Å²) in [6.07, 6.45) is 2.57. The predicted molar refractivity (Wildman–Crippen MR) is 70.9 cm³/mol. The van der Waals surface area contributed by atoms with Gasteiger partial charge in [-0.2, -0.15) is 0 Å². The van der Waals surface area contributed by atoms with Crippen molar-refractivity contribution in [1.82, 2.24) is 10.6 Å². The third-order valence-corrected chi connectivity index (χ3v) is 2.53. The van der Waals surface area contributed by atoms with Crippen molar-refractivity contribution in [3.63, 3.8) is 0 Å². The average Bonchev–Trinajstić information content (AvgIpc) is 2.36. The fourth-order valence-electron chi connectivity index (χ4n) is 1.58. The Kier molecular flexibility index (Phi) is 7.07. The minimum Gasteiger partial charge on any atom is -0.356 e. The molecule has 0 fully saturated rings. The van der Waals surface area contributed by atoms with Crippen LogP contribution in [0, 0.1) is 0 Å². The summed E-state index contributed by atoms with van der Waals surface area (Å²) in [5, 5.41) is 6.14. The molecule has 0 aliphatic rings. The van der Waals surface area contributed by atoms with Gasteiger partial charge in [-0.25, -0.2) is 0 Å². The first-order chi connectivity index (χ1) is 8.33. The van der Waals surface area contributed by atoms with Gasteiger partial charge < -0.3 is 10.6 Å². The number of rotatable bonds is 8. The van der Waals surface area contributed by atoms with Gasteiger partial charge in [-0.05, 0) is 24.9 Å². The van der Waals surface area contributed by atoms with Crippen molar-refractivity contribution in [1.29, 1.82) is 0 Å². The van der Waals surface area contributed by atoms with E-state index in [9.17, 15) is 4.79 Å². The maximum Gasteiger partial charge on any atom is 0.221 e. The Morgan fingerprint density at radius 1 is 1.12 bits per heavy atom. The van der Waals surface area contributed by atoms with Gasteiger partial charge in [0.15, 0.2) is 0 Å². The Morgan fingerprint density at radius 2 is 1.88 bits per heavy atom. The average molecular weight is 234 g/mol. The van der Waals surface area contributed by atoms with E-state index in [4.69, 9.17) is 0 Å². The number of carbonyl (C=O) groups is 1. The highest BCUT2D eigenvalue weighted by atomic mass is 16.1. The molecule has 1 aromatic rings. The lowest BCUT2D eigenvalue weighted by molar-refractivity contribution is -0.120. The Hall–Kier alpha value is -1.35. The largest absolute Gasteiger partial charge is 0.356 e. The van der Waals surface area contributed by atoms with Crippen molar-refractivity contribution in [2.24, 2.45) is 0 Å². The minimum absolute atomic E-state index is 0.129. The second kappa shape index (κ2) is 8.76. The van der Waals surface area contributed by atoms with Gasteiger partial charge in [-0.15, -0.1) is 0 Å². The van der Waals surface area contributed by atoms with Crippen LogP contribution in [0.15, 0.2) is 30.3 Å². The molecule has 0 bridgehead atoms. The van der Waals surface area contributed by atoms with Crippen LogP contribution in [-0.4, -0.2) is 25.5 Å². The predicted octanol–water partition coefficient (Wildman–Crippen LogP) is 1.73. The Labute approximate surface area is 104 Å². The van der Waals surface area contributed by atoms with Crippen molar-refractivity contribution >= 4 is 5.91 Å². The molecule has 0 unspecified atom stereocenters. The van der Waals surface area contributed by atoms with E-state index in [2.05, 4.69) is 29.7 Å². The normalized spacial score (nSPS) is 10.2. The standard InChI is InChI=1S/C14H22N2O/c1-2-10-15-11-9-14(17)16-12-8-13-6-4-3-5-7-13/h3-7,15H,2,8-12H2,1H3,(H,16,17). The molecule has 1 rings (SSSR count). The van der Waals surface area contributed by atoms with Crippen molar-refractivity contribution in [3.05, 3.63) is 35.9 Å². The molecule has 1 amide bonds. The summed E-state index contributed by atoms with van der Waals surface area (Å²) in [7, 11) is 0.